The Morgan fingerprint density at radius 2 is 2.53 bits per heavy atom. The van der Waals surface area contributed by atoms with Gasteiger partial charge < -0.3 is 9.15 Å². The molecule has 78 valence electrons. The van der Waals surface area contributed by atoms with Crippen LogP contribution in [0.3, 0.4) is 0 Å². The highest BCUT2D eigenvalue weighted by atomic mass is 16.5. The van der Waals surface area contributed by atoms with Crippen molar-refractivity contribution in [2.45, 2.75) is 12.6 Å². The van der Waals surface area contributed by atoms with Gasteiger partial charge in [0.2, 0.25) is 6.21 Å². The van der Waals surface area contributed by atoms with Crippen molar-refractivity contribution in [1.29, 1.82) is 0 Å². The second-order valence-corrected chi connectivity index (χ2v) is 3.68. The van der Waals surface area contributed by atoms with E-state index in [0.29, 0.717) is 12.4 Å². The SMILES string of the molecule is O=C1N[N+](=Cc2ccco2)C2OCCC12. The third-order valence-electron chi connectivity index (χ3n) is 2.72. The van der Waals surface area contributed by atoms with E-state index in [4.69, 9.17) is 9.15 Å². The fourth-order valence-electron chi connectivity index (χ4n) is 1.99. The van der Waals surface area contributed by atoms with Gasteiger partial charge in [-0.05, 0) is 18.6 Å². The Labute approximate surface area is 86.3 Å². The first-order valence-electron chi connectivity index (χ1n) is 4.93. The summed E-state index contributed by atoms with van der Waals surface area (Å²) in [6.07, 6.45) is 3.95. The number of carbonyl (C=O) groups excluding carboxylic acids is 1. The summed E-state index contributed by atoms with van der Waals surface area (Å²) in [4.78, 5) is 11.5. The highest BCUT2D eigenvalue weighted by molar-refractivity contribution is 5.81. The molecule has 0 aliphatic carbocycles. The van der Waals surface area contributed by atoms with Crippen LogP contribution in [0.1, 0.15) is 12.2 Å². The van der Waals surface area contributed by atoms with E-state index >= 15 is 0 Å². The molecule has 15 heavy (non-hydrogen) atoms. The molecule has 2 unspecified atom stereocenters. The molecule has 0 saturated carbocycles. The number of nitrogens with zero attached hydrogens (tertiary/aromatic N) is 1. The van der Waals surface area contributed by atoms with Crippen LogP contribution < -0.4 is 5.43 Å². The standard InChI is InChI=1S/C10H10N2O3/c13-9-8-3-5-15-10(8)12(11-9)6-7-2-1-4-14-7/h1-2,4,6,8,10H,3,5H2/p+1. The summed E-state index contributed by atoms with van der Waals surface area (Å²) in [7, 11) is 0. The minimum atomic E-state index is -0.178. The molecule has 0 radical (unpaired) electrons. The van der Waals surface area contributed by atoms with Crippen molar-refractivity contribution >= 4 is 12.1 Å². The van der Waals surface area contributed by atoms with Gasteiger partial charge in [0, 0.05) is 0 Å². The Hall–Kier alpha value is -1.62. The van der Waals surface area contributed by atoms with Crippen LogP contribution >= 0.6 is 0 Å². The Morgan fingerprint density at radius 3 is 3.33 bits per heavy atom. The fourth-order valence-corrected chi connectivity index (χ4v) is 1.99. The van der Waals surface area contributed by atoms with Gasteiger partial charge in [0.15, 0.2) is 5.76 Å². The number of nitrogens with one attached hydrogen (secondary N) is 1. The summed E-state index contributed by atoms with van der Waals surface area (Å²) in [5, 5.41) is 0. The molecule has 0 spiro atoms. The molecule has 2 aliphatic heterocycles. The summed E-state index contributed by atoms with van der Waals surface area (Å²) >= 11 is 0. The van der Waals surface area contributed by atoms with Gasteiger partial charge >= 0.3 is 0 Å². The van der Waals surface area contributed by atoms with Gasteiger partial charge in [0.25, 0.3) is 12.1 Å². The third kappa shape index (κ3) is 1.35. The first-order valence-corrected chi connectivity index (χ1v) is 4.93. The lowest BCUT2D eigenvalue weighted by molar-refractivity contribution is -0.630. The van der Waals surface area contributed by atoms with E-state index in [-0.39, 0.29) is 18.1 Å². The van der Waals surface area contributed by atoms with Gasteiger partial charge in [-0.1, -0.05) is 4.68 Å². The van der Waals surface area contributed by atoms with Crippen molar-refractivity contribution < 1.29 is 18.6 Å². The van der Waals surface area contributed by atoms with Gasteiger partial charge in [-0.3, -0.25) is 4.79 Å². The van der Waals surface area contributed by atoms with Crippen molar-refractivity contribution in [1.82, 2.24) is 5.43 Å². The molecular formula is C10H11N2O3+. The molecule has 1 aromatic heterocycles. The Balaban J connectivity index is 1.91. The zero-order valence-corrected chi connectivity index (χ0v) is 8.05. The molecule has 2 aliphatic rings. The maximum atomic E-state index is 11.5. The Kier molecular flexibility index (Phi) is 1.85. The number of ether oxygens (including phenoxy) is 1. The molecule has 3 rings (SSSR count). The first kappa shape index (κ1) is 8.67. The predicted molar refractivity (Wildman–Crippen MR) is 50.1 cm³/mol. The van der Waals surface area contributed by atoms with E-state index in [9.17, 15) is 4.79 Å². The maximum Gasteiger partial charge on any atom is 0.298 e. The van der Waals surface area contributed by atoms with Crippen LogP contribution in [0.15, 0.2) is 22.8 Å². The lowest BCUT2D eigenvalue weighted by Crippen LogP contribution is -2.31. The number of carbonyl (C=O) groups is 1. The molecule has 1 aromatic rings. The van der Waals surface area contributed by atoms with Crippen LogP contribution in [0.25, 0.3) is 0 Å². The van der Waals surface area contributed by atoms with Crippen molar-refractivity contribution in [2.24, 2.45) is 5.92 Å². The lowest BCUT2D eigenvalue weighted by atomic mass is 10.1. The molecule has 0 aromatic carbocycles. The number of amides is 1. The summed E-state index contributed by atoms with van der Waals surface area (Å²) in [6, 6.07) is 3.63. The van der Waals surface area contributed by atoms with Crippen LogP contribution in [0.4, 0.5) is 0 Å². The van der Waals surface area contributed by atoms with Gasteiger partial charge in [0.05, 0.1) is 12.9 Å². The Morgan fingerprint density at radius 1 is 1.60 bits per heavy atom. The zero-order valence-electron chi connectivity index (χ0n) is 8.05. The molecule has 1 N–H and O–H groups in total. The van der Waals surface area contributed by atoms with E-state index in [1.54, 1.807) is 23.2 Å². The summed E-state index contributed by atoms with van der Waals surface area (Å²) in [6.45, 7) is 0.644. The number of hydrazone groups is 1. The summed E-state index contributed by atoms with van der Waals surface area (Å²) in [5.74, 6) is 0.683. The number of rotatable bonds is 1. The summed E-state index contributed by atoms with van der Waals surface area (Å²) in [5.41, 5.74) is 2.75. The van der Waals surface area contributed by atoms with Crippen molar-refractivity contribution in [3.05, 3.63) is 24.2 Å². The van der Waals surface area contributed by atoms with Crippen LogP contribution in [0.5, 0.6) is 0 Å². The smallest absolute Gasteiger partial charge is 0.298 e. The fraction of sp³-hybridized carbons (Fsp3) is 0.400. The number of fused-ring (bicyclic) bond motifs is 1. The molecule has 2 fully saturated rings. The normalized spacial score (nSPS) is 32.0. The first-order chi connectivity index (χ1) is 7.34. The monoisotopic (exact) mass is 207 g/mol. The van der Waals surface area contributed by atoms with E-state index in [1.807, 2.05) is 6.07 Å². The minimum Gasteiger partial charge on any atom is -0.459 e. The molecule has 1 amide bonds. The number of hydrogen-bond acceptors (Lipinski definition) is 3. The van der Waals surface area contributed by atoms with Crippen molar-refractivity contribution in [3.8, 4) is 0 Å². The molecular weight excluding hydrogens is 196 g/mol. The largest absolute Gasteiger partial charge is 0.459 e. The Bertz CT molecular complexity index is 410. The van der Waals surface area contributed by atoms with Gasteiger partial charge in [-0.15, -0.1) is 5.43 Å². The topological polar surface area (TPSA) is 54.5 Å². The predicted octanol–water partition coefficient (Wildman–Crippen LogP) is 0.118. The number of furan rings is 1. The molecule has 2 saturated heterocycles. The maximum absolute atomic E-state index is 11.5. The van der Waals surface area contributed by atoms with Crippen molar-refractivity contribution in [3.63, 3.8) is 0 Å². The molecule has 0 bridgehead atoms. The second kappa shape index (κ2) is 3.20. The molecule has 5 nitrogen and oxygen atoms in total. The van der Waals surface area contributed by atoms with Crippen molar-refractivity contribution in [2.75, 3.05) is 6.61 Å². The highest BCUT2D eigenvalue weighted by Gasteiger charge is 2.50. The highest BCUT2D eigenvalue weighted by Crippen LogP contribution is 2.25. The van der Waals surface area contributed by atoms with E-state index in [2.05, 4.69) is 5.43 Å². The van der Waals surface area contributed by atoms with E-state index < -0.39 is 0 Å². The van der Waals surface area contributed by atoms with Gasteiger partial charge in [0.1, 0.15) is 5.92 Å². The molecule has 3 heterocycles. The van der Waals surface area contributed by atoms with Crippen LogP contribution in [-0.2, 0) is 9.53 Å². The molecule has 2 atom stereocenters. The van der Waals surface area contributed by atoms with Crippen LogP contribution in [0, 0.1) is 5.92 Å². The van der Waals surface area contributed by atoms with E-state index in [1.165, 1.54) is 0 Å². The number of hydrazine groups is 1. The van der Waals surface area contributed by atoms with Crippen LogP contribution in [-0.4, -0.2) is 29.6 Å². The number of hydrogen-bond donors (Lipinski definition) is 1. The average Bonchev–Trinajstić information content (AvgIpc) is 2.89. The molecule has 5 heteroatoms. The third-order valence-corrected chi connectivity index (χ3v) is 2.72. The van der Waals surface area contributed by atoms with Gasteiger partial charge in [-0.2, -0.15) is 0 Å². The quantitative estimate of drug-likeness (QED) is 0.665. The minimum absolute atomic E-state index is 0.0281. The van der Waals surface area contributed by atoms with E-state index in [0.717, 1.165) is 6.42 Å². The second-order valence-electron chi connectivity index (χ2n) is 3.68. The zero-order chi connectivity index (χ0) is 10.3. The van der Waals surface area contributed by atoms with Gasteiger partial charge in [-0.25, -0.2) is 0 Å². The lowest BCUT2D eigenvalue weighted by Gasteiger charge is -1.99. The average molecular weight is 207 g/mol. The summed E-state index contributed by atoms with van der Waals surface area (Å²) < 4.78 is 12.3. The van der Waals surface area contributed by atoms with Crippen LogP contribution in [0.2, 0.25) is 0 Å².